The maximum atomic E-state index is 12.3. The molecule has 0 atom stereocenters. The first-order valence-corrected chi connectivity index (χ1v) is 6.85. The standard InChI is InChI=1S/C13H21N3O3/c14-9-13(4-2-1-3-5-13)6-12(19)16-7-10(17)15-11(18)8-16/h1-9,14H2,(H,15,17,18). The molecule has 2 rings (SSSR count). The average molecular weight is 267 g/mol. The Morgan fingerprint density at radius 1 is 1.16 bits per heavy atom. The van der Waals surface area contributed by atoms with Crippen molar-refractivity contribution in [1.29, 1.82) is 0 Å². The predicted molar refractivity (Wildman–Crippen MR) is 68.9 cm³/mol. The number of carbonyl (C=O) groups is 3. The van der Waals surface area contributed by atoms with E-state index in [1.54, 1.807) is 0 Å². The topological polar surface area (TPSA) is 92.5 Å². The molecule has 0 radical (unpaired) electrons. The predicted octanol–water partition coefficient (Wildman–Crippen LogP) is -0.229. The third-order valence-electron chi connectivity index (χ3n) is 4.17. The molecule has 0 spiro atoms. The molecule has 0 aromatic rings. The Morgan fingerprint density at radius 3 is 2.26 bits per heavy atom. The van der Waals surface area contributed by atoms with Gasteiger partial charge < -0.3 is 10.6 Å². The summed E-state index contributed by atoms with van der Waals surface area (Å²) in [7, 11) is 0. The first-order valence-electron chi connectivity index (χ1n) is 6.85. The van der Waals surface area contributed by atoms with Crippen LogP contribution in [0.25, 0.3) is 0 Å². The van der Waals surface area contributed by atoms with Crippen LogP contribution in [0.15, 0.2) is 0 Å². The minimum Gasteiger partial charge on any atom is -0.330 e. The van der Waals surface area contributed by atoms with Gasteiger partial charge >= 0.3 is 0 Å². The van der Waals surface area contributed by atoms with Crippen LogP contribution in [0, 0.1) is 5.41 Å². The number of hydrogen-bond donors (Lipinski definition) is 2. The molecule has 6 heteroatoms. The molecule has 3 N–H and O–H groups in total. The summed E-state index contributed by atoms with van der Waals surface area (Å²) in [5, 5.41) is 2.19. The van der Waals surface area contributed by atoms with Crippen LogP contribution in [0.3, 0.4) is 0 Å². The molecular weight excluding hydrogens is 246 g/mol. The van der Waals surface area contributed by atoms with E-state index in [1.807, 2.05) is 0 Å². The molecule has 1 saturated heterocycles. The Labute approximate surface area is 112 Å². The highest BCUT2D eigenvalue weighted by molar-refractivity contribution is 6.02. The lowest BCUT2D eigenvalue weighted by molar-refractivity contribution is -0.146. The molecule has 1 aliphatic carbocycles. The van der Waals surface area contributed by atoms with Crippen molar-refractivity contribution < 1.29 is 14.4 Å². The number of carbonyl (C=O) groups excluding carboxylic acids is 3. The summed E-state index contributed by atoms with van der Waals surface area (Å²) in [6, 6.07) is 0. The van der Waals surface area contributed by atoms with Crippen LogP contribution >= 0.6 is 0 Å². The summed E-state index contributed by atoms with van der Waals surface area (Å²) in [5.74, 6) is -0.944. The lowest BCUT2D eigenvalue weighted by Gasteiger charge is -2.37. The maximum absolute atomic E-state index is 12.3. The van der Waals surface area contributed by atoms with Crippen LogP contribution in [0.2, 0.25) is 0 Å². The second-order valence-electron chi connectivity index (χ2n) is 5.66. The van der Waals surface area contributed by atoms with Crippen LogP contribution in [-0.4, -0.2) is 42.3 Å². The van der Waals surface area contributed by atoms with Gasteiger partial charge in [0.2, 0.25) is 17.7 Å². The fraction of sp³-hybridized carbons (Fsp3) is 0.769. The quantitative estimate of drug-likeness (QED) is 0.691. The molecule has 1 aliphatic heterocycles. The molecule has 6 nitrogen and oxygen atoms in total. The summed E-state index contributed by atoms with van der Waals surface area (Å²) in [4.78, 5) is 36.2. The fourth-order valence-corrected chi connectivity index (χ4v) is 3.00. The monoisotopic (exact) mass is 267 g/mol. The zero-order valence-electron chi connectivity index (χ0n) is 11.1. The fourth-order valence-electron chi connectivity index (χ4n) is 3.00. The maximum Gasteiger partial charge on any atom is 0.246 e. The molecule has 0 aromatic carbocycles. The van der Waals surface area contributed by atoms with Crippen LogP contribution in [0.1, 0.15) is 38.5 Å². The molecular formula is C13H21N3O3. The van der Waals surface area contributed by atoms with E-state index in [2.05, 4.69) is 5.32 Å². The molecule has 1 saturated carbocycles. The van der Waals surface area contributed by atoms with Crippen molar-refractivity contribution in [3.05, 3.63) is 0 Å². The number of amides is 3. The number of imide groups is 1. The third-order valence-corrected chi connectivity index (χ3v) is 4.17. The molecule has 106 valence electrons. The zero-order valence-corrected chi connectivity index (χ0v) is 11.1. The first-order chi connectivity index (χ1) is 9.04. The average Bonchev–Trinajstić information content (AvgIpc) is 2.38. The van der Waals surface area contributed by atoms with Gasteiger partial charge in [0.15, 0.2) is 0 Å². The van der Waals surface area contributed by atoms with E-state index >= 15 is 0 Å². The minimum absolute atomic E-state index is 0.0226. The van der Waals surface area contributed by atoms with Crippen molar-refractivity contribution in [1.82, 2.24) is 10.2 Å². The van der Waals surface area contributed by atoms with Crippen molar-refractivity contribution in [2.24, 2.45) is 11.1 Å². The van der Waals surface area contributed by atoms with Gasteiger partial charge in [0, 0.05) is 6.42 Å². The van der Waals surface area contributed by atoms with Gasteiger partial charge in [-0.25, -0.2) is 0 Å². The highest BCUT2D eigenvalue weighted by Gasteiger charge is 2.36. The number of hydrogen-bond acceptors (Lipinski definition) is 4. The van der Waals surface area contributed by atoms with Gasteiger partial charge in [-0.05, 0) is 24.8 Å². The first kappa shape index (κ1) is 14.0. The minimum atomic E-state index is -0.407. The molecule has 3 amide bonds. The van der Waals surface area contributed by atoms with Gasteiger partial charge in [-0.2, -0.15) is 0 Å². The smallest absolute Gasteiger partial charge is 0.246 e. The van der Waals surface area contributed by atoms with E-state index in [-0.39, 0.29) is 24.4 Å². The number of nitrogens with two attached hydrogens (primary N) is 1. The highest BCUT2D eigenvalue weighted by atomic mass is 16.2. The van der Waals surface area contributed by atoms with E-state index in [0.717, 1.165) is 25.7 Å². The molecule has 19 heavy (non-hydrogen) atoms. The summed E-state index contributed by atoms with van der Waals surface area (Å²) in [5.41, 5.74) is 5.72. The Morgan fingerprint density at radius 2 is 1.74 bits per heavy atom. The van der Waals surface area contributed by atoms with Crippen molar-refractivity contribution >= 4 is 17.7 Å². The summed E-state index contributed by atoms with van der Waals surface area (Å²) < 4.78 is 0. The van der Waals surface area contributed by atoms with Gasteiger partial charge in [0.1, 0.15) is 13.1 Å². The highest BCUT2D eigenvalue weighted by Crippen LogP contribution is 2.38. The summed E-state index contributed by atoms with van der Waals surface area (Å²) in [6.45, 7) is 0.448. The van der Waals surface area contributed by atoms with Crippen molar-refractivity contribution in [2.75, 3.05) is 19.6 Å². The van der Waals surface area contributed by atoms with Gasteiger partial charge in [0.25, 0.3) is 0 Å². The van der Waals surface area contributed by atoms with E-state index in [1.165, 1.54) is 11.3 Å². The summed E-state index contributed by atoms with van der Waals surface area (Å²) in [6.07, 6.45) is 5.67. The molecule has 1 heterocycles. The Balaban J connectivity index is 1.99. The van der Waals surface area contributed by atoms with E-state index < -0.39 is 11.8 Å². The van der Waals surface area contributed by atoms with Gasteiger partial charge in [-0.15, -0.1) is 0 Å². The van der Waals surface area contributed by atoms with Crippen molar-refractivity contribution in [2.45, 2.75) is 38.5 Å². The zero-order chi connectivity index (χ0) is 13.9. The second kappa shape index (κ2) is 5.69. The third kappa shape index (κ3) is 3.32. The van der Waals surface area contributed by atoms with Crippen molar-refractivity contribution in [3.8, 4) is 0 Å². The van der Waals surface area contributed by atoms with Gasteiger partial charge in [-0.1, -0.05) is 19.3 Å². The number of piperazine rings is 1. The van der Waals surface area contributed by atoms with E-state index in [0.29, 0.717) is 13.0 Å². The van der Waals surface area contributed by atoms with E-state index in [4.69, 9.17) is 5.73 Å². The van der Waals surface area contributed by atoms with E-state index in [9.17, 15) is 14.4 Å². The van der Waals surface area contributed by atoms with Gasteiger partial charge in [0.05, 0.1) is 0 Å². The molecule has 0 aromatic heterocycles. The number of nitrogens with one attached hydrogen (secondary N) is 1. The Bertz CT molecular complexity index is 373. The SMILES string of the molecule is NCC1(CC(=O)N2CC(=O)NC(=O)C2)CCCCC1. The summed E-state index contributed by atoms with van der Waals surface area (Å²) >= 11 is 0. The van der Waals surface area contributed by atoms with Crippen molar-refractivity contribution in [3.63, 3.8) is 0 Å². The second-order valence-corrected chi connectivity index (χ2v) is 5.66. The van der Waals surface area contributed by atoms with Crippen LogP contribution in [0.4, 0.5) is 0 Å². The van der Waals surface area contributed by atoms with Gasteiger partial charge in [-0.3, -0.25) is 19.7 Å². The molecule has 0 bridgehead atoms. The van der Waals surface area contributed by atoms with Crippen LogP contribution in [-0.2, 0) is 14.4 Å². The lowest BCUT2D eigenvalue weighted by Crippen LogP contribution is -2.54. The molecule has 2 aliphatic rings. The molecule has 0 unspecified atom stereocenters. The number of rotatable bonds is 3. The van der Waals surface area contributed by atoms with Crippen LogP contribution in [0.5, 0.6) is 0 Å². The Kier molecular flexibility index (Phi) is 4.19. The number of nitrogens with zero attached hydrogens (tertiary/aromatic N) is 1. The normalized spacial score (nSPS) is 23.1. The largest absolute Gasteiger partial charge is 0.330 e. The Hall–Kier alpha value is -1.43. The lowest BCUT2D eigenvalue weighted by atomic mass is 9.71. The van der Waals surface area contributed by atoms with Crippen LogP contribution < -0.4 is 11.1 Å². The molecule has 2 fully saturated rings.